The summed E-state index contributed by atoms with van der Waals surface area (Å²) in [5, 5.41) is 12.2. The Hall–Kier alpha value is -1.71. The SMILES string of the molecule is C[S+]([O-])Nc1cc(S(F)(F)(F)(F)F)ccc1C(=O)NC12CCC(C#N)(CC1)CC2. The molecule has 0 saturated heterocycles. The molecule has 3 fully saturated rings. The van der Waals surface area contributed by atoms with E-state index in [2.05, 4.69) is 16.1 Å². The second-order valence-electron chi connectivity index (χ2n) is 7.86. The third kappa shape index (κ3) is 4.57. The van der Waals surface area contributed by atoms with E-state index < -0.39 is 43.6 Å². The highest BCUT2D eigenvalue weighted by atomic mass is 32.5. The molecule has 29 heavy (non-hydrogen) atoms. The molecule has 5 nitrogen and oxygen atoms in total. The van der Waals surface area contributed by atoms with Gasteiger partial charge in [0.1, 0.15) is 11.2 Å². The molecule has 2 bridgehead atoms. The molecule has 4 rings (SSSR count). The summed E-state index contributed by atoms with van der Waals surface area (Å²) in [6.07, 6.45) is 4.59. The molecule has 0 radical (unpaired) electrons. The van der Waals surface area contributed by atoms with Gasteiger partial charge in [-0.1, -0.05) is 19.4 Å². The van der Waals surface area contributed by atoms with E-state index in [0.29, 0.717) is 44.6 Å². The molecule has 1 unspecified atom stereocenters. The zero-order valence-electron chi connectivity index (χ0n) is 15.4. The molecule has 2 N–H and O–H groups in total. The number of hydrogen-bond donors (Lipinski definition) is 2. The van der Waals surface area contributed by atoms with Crippen LogP contribution in [0, 0.1) is 16.7 Å². The summed E-state index contributed by atoms with van der Waals surface area (Å²) in [5.74, 6) is -0.738. The van der Waals surface area contributed by atoms with Crippen LogP contribution in [0.25, 0.3) is 0 Å². The zero-order valence-corrected chi connectivity index (χ0v) is 17.1. The lowest BCUT2D eigenvalue weighted by Gasteiger charge is -2.50. The molecule has 3 aliphatic carbocycles. The Balaban J connectivity index is 1.90. The number of anilines is 1. The van der Waals surface area contributed by atoms with Crippen molar-refractivity contribution in [1.29, 1.82) is 5.26 Å². The molecule has 162 valence electrons. The van der Waals surface area contributed by atoms with Gasteiger partial charge in [-0.25, -0.2) is 4.72 Å². The van der Waals surface area contributed by atoms with Gasteiger partial charge in [0.25, 0.3) is 5.91 Å². The molecule has 0 aromatic heterocycles. The average Bonchev–Trinajstić information content (AvgIpc) is 2.60. The predicted molar refractivity (Wildman–Crippen MR) is 101 cm³/mol. The monoisotopic (exact) mass is 457 g/mol. The van der Waals surface area contributed by atoms with Crippen LogP contribution in [0.4, 0.5) is 25.1 Å². The molecule has 0 heterocycles. The van der Waals surface area contributed by atoms with Crippen LogP contribution in [0.3, 0.4) is 0 Å². The van der Waals surface area contributed by atoms with Crippen LogP contribution in [0.15, 0.2) is 23.1 Å². The first-order valence-corrected chi connectivity index (χ1v) is 12.3. The van der Waals surface area contributed by atoms with Crippen molar-refractivity contribution in [3.63, 3.8) is 0 Å². The van der Waals surface area contributed by atoms with Gasteiger partial charge in [-0.3, -0.25) is 4.79 Å². The Morgan fingerprint density at radius 2 is 1.69 bits per heavy atom. The Morgan fingerprint density at radius 3 is 2.14 bits per heavy atom. The van der Waals surface area contributed by atoms with Crippen LogP contribution < -0.4 is 10.0 Å². The Kier molecular flexibility index (Phi) is 4.66. The van der Waals surface area contributed by atoms with Crippen molar-refractivity contribution < 1.29 is 28.8 Å². The minimum absolute atomic E-state index is 0.123. The van der Waals surface area contributed by atoms with E-state index in [0.717, 1.165) is 6.26 Å². The summed E-state index contributed by atoms with van der Waals surface area (Å²) in [7, 11) is -9.96. The fourth-order valence-corrected chi connectivity index (χ4v) is 5.19. The molecule has 1 atom stereocenters. The lowest BCUT2D eigenvalue weighted by Crippen LogP contribution is -2.56. The summed E-state index contributed by atoms with van der Waals surface area (Å²) in [5.41, 5.74) is -1.86. The number of nitrogens with zero attached hydrogens (tertiary/aromatic N) is 1. The van der Waals surface area contributed by atoms with Crippen LogP contribution >= 0.6 is 10.2 Å². The van der Waals surface area contributed by atoms with E-state index in [1.54, 1.807) is 0 Å². The molecule has 3 aliphatic rings. The smallest absolute Gasteiger partial charge is 0.310 e. The van der Waals surface area contributed by atoms with Crippen LogP contribution in [-0.2, 0) is 11.4 Å². The van der Waals surface area contributed by atoms with Crippen LogP contribution in [-0.4, -0.2) is 22.3 Å². The van der Waals surface area contributed by atoms with Gasteiger partial charge in [-0.05, 0) is 56.7 Å². The van der Waals surface area contributed by atoms with Crippen molar-refractivity contribution in [2.45, 2.75) is 49.0 Å². The highest BCUT2D eigenvalue weighted by Gasteiger charge is 2.65. The number of carbonyl (C=O) groups is 1. The third-order valence-electron chi connectivity index (χ3n) is 5.80. The van der Waals surface area contributed by atoms with Crippen LogP contribution in [0.5, 0.6) is 0 Å². The van der Waals surface area contributed by atoms with Gasteiger partial charge < -0.3 is 9.87 Å². The van der Waals surface area contributed by atoms with Gasteiger partial charge in [0.15, 0.2) is 0 Å². The normalized spacial score (nSPS) is 29.9. The first-order valence-electron chi connectivity index (χ1n) is 8.79. The highest BCUT2D eigenvalue weighted by Crippen LogP contribution is 3.02. The fraction of sp³-hybridized carbons (Fsp3) is 0.529. The van der Waals surface area contributed by atoms with E-state index in [1.165, 1.54) is 0 Å². The van der Waals surface area contributed by atoms with E-state index in [9.17, 15) is 34.0 Å². The largest absolute Gasteiger partial charge is 0.593 e. The molecule has 3 saturated carbocycles. The fourth-order valence-electron chi connectivity index (χ4n) is 4.05. The highest BCUT2D eigenvalue weighted by molar-refractivity contribution is 8.45. The summed E-state index contributed by atoms with van der Waals surface area (Å²) in [6.45, 7) is 0. The first kappa shape index (κ1) is 22.0. The van der Waals surface area contributed by atoms with Gasteiger partial charge >= 0.3 is 10.2 Å². The molecule has 0 spiro atoms. The number of rotatable bonds is 5. The Morgan fingerprint density at radius 1 is 1.14 bits per heavy atom. The van der Waals surface area contributed by atoms with Gasteiger partial charge in [0, 0.05) is 5.54 Å². The second kappa shape index (κ2) is 6.15. The van der Waals surface area contributed by atoms with Crippen molar-refractivity contribution in [2.24, 2.45) is 5.41 Å². The number of nitriles is 1. The number of benzene rings is 1. The van der Waals surface area contributed by atoms with E-state index >= 15 is 0 Å². The van der Waals surface area contributed by atoms with Crippen molar-refractivity contribution in [2.75, 3.05) is 11.0 Å². The third-order valence-corrected chi connectivity index (χ3v) is 7.45. The number of amides is 1. The molecule has 12 heteroatoms. The Labute approximate surface area is 168 Å². The van der Waals surface area contributed by atoms with Crippen molar-refractivity contribution in [3.05, 3.63) is 23.8 Å². The molecular formula is C17H20F5N3O2S2. The molecule has 1 aromatic carbocycles. The van der Waals surface area contributed by atoms with Gasteiger partial charge in [-0.15, -0.1) is 0 Å². The topological polar surface area (TPSA) is 88.0 Å². The van der Waals surface area contributed by atoms with Crippen molar-refractivity contribution >= 4 is 33.2 Å². The number of fused-ring (bicyclic) bond motifs is 3. The average molecular weight is 457 g/mol. The van der Waals surface area contributed by atoms with Gasteiger partial charge in [0.2, 0.25) is 0 Å². The zero-order chi connectivity index (χ0) is 21.8. The lowest BCUT2D eigenvalue weighted by molar-refractivity contribution is 0.0521. The van der Waals surface area contributed by atoms with E-state index in [-0.39, 0.29) is 23.1 Å². The van der Waals surface area contributed by atoms with E-state index in [4.69, 9.17) is 0 Å². The molecule has 1 aromatic rings. The van der Waals surface area contributed by atoms with Crippen LogP contribution in [0.1, 0.15) is 48.9 Å². The molecule has 0 aliphatic heterocycles. The summed E-state index contributed by atoms with van der Waals surface area (Å²) in [4.78, 5) is 10.6. The van der Waals surface area contributed by atoms with Crippen LogP contribution in [0.2, 0.25) is 0 Å². The summed E-state index contributed by atoms with van der Waals surface area (Å²) in [6, 6.07) is 3.29. The number of carbonyl (C=O) groups excluding carboxylic acids is 1. The summed E-state index contributed by atoms with van der Waals surface area (Å²) >= 11 is -1.89. The lowest BCUT2D eigenvalue weighted by atomic mass is 9.58. The number of hydrogen-bond acceptors (Lipinski definition) is 4. The van der Waals surface area contributed by atoms with Crippen molar-refractivity contribution in [3.8, 4) is 6.07 Å². The summed E-state index contributed by atoms with van der Waals surface area (Å²) < 4.78 is 79.3. The quantitative estimate of drug-likeness (QED) is 0.458. The second-order valence-corrected chi connectivity index (χ2v) is 11.4. The number of nitrogens with one attached hydrogen (secondary N) is 2. The maximum Gasteiger partial charge on any atom is 0.310 e. The van der Waals surface area contributed by atoms with Gasteiger partial charge in [0.05, 0.1) is 34.1 Å². The number of halogens is 5. The minimum Gasteiger partial charge on any atom is -0.593 e. The molecule has 1 amide bonds. The predicted octanol–water partition coefficient (Wildman–Crippen LogP) is 5.40. The van der Waals surface area contributed by atoms with Crippen molar-refractivity contribution in [1.82, 2.24) is 5.32 Å². The maximum atomic E-state index is 13.1. The maximum absolute atomic E-state index is 13.1. The first-order chi connectivity index (χ1) is 13.1. The Bertz CT molecular complexity index is 875. The van der Waals surface area contributed by atoms with Gasteiger partial charge in [-0.2, -0.15) is 5.26 Å². The standard InChI is InChI=1S/C17H20F5N3O2S2/c1-28(27)25-14-10-12(29(18,19,20,21)22)2-3-13(14)15(26)24-17-7-4-16(11-23,5-8-17)6-9-17/h2-3,10,25H,4-9H2,1H3,(H,24,26). The molecular weight excluding hydrogens is 437 g/mol. The minimum atomic E-state index is -9.96. The van der Waals surface area contributed by atoms with E-state index in [1.807, 2.05) is 0 Å².